The topological polar surface area (TPSA) is 37.0 Å². The predicted molar refractivity (Wildman–Crippen MR) is 71.6 cm³/mol. The van der Waals surface area contributed by atoms with Gasteiger partial charge in [-0.25, -0.2) is 0 Å². The van der Waals surface area contributed by atoms with Crippen LogP contribution < -0.4 is 5.32 Å². The summed E-state index contributed by atoms with van der Waals surface area (Å²) in [7, 11) is 1.81. The minimum atomic E-state index is -0.313. The van der Waals surface area contributed by atoms with Crippen molar-refractivity contribution < 1.29 is 4.74 Å². The van der Waals surface area contributed by atoms with Gasteiger partial charge in [-0.05, 0) is 29.7 Å². The van der Waals surface area contributed by atoms with Gasteiger partial charge in [-0.3, -0.25) is 0 Å². The number of methoxy groups -OCH3 is 1. The predicted octanol–water partition coefficient (Wildman–Crippen LogP) is 2.09. The molecule has 0 saturated heterocycles. The summed E-state index contributed by atoms with van der Waals surface area (Å²) >= 11 is 0. The lowest BCUT2D eigenvalue weighted by atomic mass is 9.74. The highest BCUT2D eigenvalue weighted by Gasteiger charge is 2.44. The summed E-state index contributed by atoms with van der Waals surface area (Å²) in [6, 6.07) is 6.74. The van der Waals surface area contributed by atoms with Crippen LogP contribution in [0, 0.1) is 0 Å². The fourth-order valence-electron chi connectivity index (χ4n) is 3.50. The number of ether oxygens (including phenoxy) is 1. The number of aromatic nitrogens is 1. The highest BCUT2D eigenvalue weighted by atomic mass is 16.5. The SMILES string of the molecule is CO[C@]12C=CCN[C@@H]1Cc1c[nH]c3cccc2c13. The van der Waals surface area contributed by atoms with E-state index in [-0.39, 0.29) is 5.60 Å². The van der Waals surface area contributed by atoms with Gasteiger partial charge in [0.15, 0.2) is 0 Å². The van der Waals surface area contributed by atoms with E-state index in [1.54, 1.807) is 7.11 Å². The summed E-state index contributed by atoms with van der Waals surface area (Å²) in [5.41, 5.74) is 3.56. The standard InChI is InChI=1S/C15H16N2O/c1-18-15-6-3-7-16-13(15)8-10-9-17-12-5-2-4-11(15)14(10)12/h2-6,9,13,16-17H,7-8H2,1H3/t13-,15+/m1/s1. The lowest BCUT2D eigenvalue weighted by Gasteiger charge is -2.43. The van der Waals surface area contributed by atoms with Crippen LogP contribution in [0.15, 0.2) is 36.5 Å². The first-order chi connectivity index (χ1) is 8.85. The smallest absolute Gasteiger partial charge is 0.127 e. The molecule has 1 aromatic heterocycles. The minimum absolute atomic E-state index is 0.313. The zero-order chi connectivity index (χ0) is 12.2. The highest BCUT2D eigenvalue weighted by Crippen LogP contribution is 2.43. The third-order valence-electron chi connectivity index (χ3n) is 4.34. The number of hydrogen-bond acceptors (Lipinski definition) is 2. The van der Waals surface area contributed by atoms with Crippen LogP contribution >= 0.6 is 0 Å². The van der Waals surface area contributed by atoms with Gasteiger partial charge in [0.2, 0.25) is 0 Å². The van der Waals surface area contributed by atoms with Gasteiger partial charge in [-0.2, -0.15) is 0 Å². The Kier molecular flexibility index (Phi) is 1.99. The molecule has 2 aromatic rings. The molecule has 2 N–H and O–H groups in total. The molecule has 0 spiro atoms. The lowest BCUT2D eigenvalue weighted by molar-refractivity contribution is -0.00906. The van der Waals surface area contributed by atoms with Crippen molar-refractivity contribution in [2.24, 2.45) is 0 Å². The molecule has 1 aliphatic carbocycles. The number of rotatable bonds is 1. The van der Waals surface area contributed by atoms with E-state index in [0.717, 1.165) is 13.0 Å². The normalized spacial score (nSPS) is 29.5. The maximum atomic E-state index is 5.94. The van der Waals surface area contributed by atoms with Crippen molar-refractivity contribution >= 4 is 10.9 Å². The maximum Gasteiger partial charge on any atom is 0.127 e. The second-order valence-electron chi connectivity index (χ2n) is 5.11. The molecule has 0 bridgehead atoms. The van der Waals surface area contributed by atoms with Crippen molar-refractivity contribution in [1.29, 1.82) is 0 Å². The number of aromatic amines is 1. The van der Waals surface area contributed by atoms with Gasteiger partial charge >= 0.3 is 0 Å². The van der Waals surface area contributed by atoms with Crippen molar-refractivity contribution in [2.75, 3.05) is 13.7 Å². The van der Waals surface area contributed by atoms with Crippen LogP contribution in [0.5, 0.6) is 0 Å². The molecule has 2 heterocycles. The Balaban J connectivity index is 2.09. The maximum absolute atomic E-state index is 5.94. The first-order valence-corrected chi connectivity index (χ1v) is 6.41. The van der Waals surface area contributed by atoms with Gasteiger partial charge in [0.05, 0.1) is 0 Å². The molecule has 2 aliphatic rings. The Morgan fingerprint density at radius 1 is 1.39 bits per heavy atom. The van der Waals surface area contributed by atoms with Crippen LogP contribution in [-0.4, -0.2) is 24.7 Å². The Bertz CT molecular complexity index is 643. The molecule has 18 heavy (non-hydrogen) atoms. The molecule has 3 nitrogen and oxygen atoms in total. The number of nitrogens with one attached hydrogen (secondary N) is 2. The highest BCUT2D eigenvalue weighted by molar-refractivity contribution is 5.89. The summed E-state index contributed by atoms with van der Waals surface area (Å²) in [5, 5.41) is 4.90. The molecule has 0 fully saturated rings. The van der Waals surface area contributed by atoms with Crippen molar-refractivity contribution in [2.45, 2.75) is 18.1 Å². The summed E-state index contributed by atoms with van der Waals surface area (Å²) in [4.78, 5) is 3.36. The van der Waals surface area contributed by atoms with Crippen molar-refractivity contribution in [1.82, 2.24) is 10.3 Å². The van der Waals surface area contributed by atoms with E-state index in [9.17, 15) is 0 Å². The van der Waals surface area contributed by atoms with Crippen LogP contribution in [0.1, 0.15) is 11.1 Å². The van der Waals surface area contributed by atoms with Gasteiger partial charge in [0, 0.05) is 36.8 Å². The van der Waals surface area contributed by atoms with E-state index in [0.29, 0.717) is 6.04 Å². The first-order valence-electron chi connectivity index (χ1n) is 6.41. The molecule has 0 saturated carbocycles. The zero-order valence-corrected chi connectivity index (χ0v) is 10.4. The van der Waals surface area contributed by atoms with Gasteiger partial charge in [-0.1, -0.05) is 18.2 Å². The van der Waals surface area contributed by atoms with Crippen LogP contribution in [0.3, 0.4) is 0 Å². The molecule has 92 valence electrons. The quantitative estimate of drug-likeness (QED) is 0.749. The van der Waals surface area contributed by atoms with E-state index in [4.69, 9.17) is 4.74 Å². The van der Waals surface area contributed by atoms with Gasteiger partial charge in [0.25, 0.3) is 0 Å². The largest absolute Gasteiger partial charge is 0.368 e. The van der Waals surface area contributed by atoms with Crippen molar-refractivity contribution in [3.05, 3.63) is 47.7 Å². The Labute approximate surface area is 106 Å². The van der Waals surface area contributed by atoms with Crippen molar-refractivity contribution in [3.8, 4) is 0 Å². The van der Waals surface area contributed by atoms with E-state index in [1.165, 1.54) is 22.0 Å². The molecular formula is C15H16N2O. The van der Waals surface area contributed by atoms with E-state index >= 15 is 0 Å². The first kappa shape index (κ1) is 10.4. The van der Waals surface area contributed by atoms with Gasteiger partial charge in [0.1, 0.15) is 5.60 Å². The molecule has 0 unspecified atom stereocenters. The second-order valence-corrected chi connectivity index (χ2v) is 5.11. The van der Waals surface area contributed by atoms with E-state index in [2.05, 4.69) is 46.8 Å². The lowest BCUT2D eigenvalue weighted by Crippen LogP contribution is -2.54. The minimum Gasteiger partial charge on any atom is -0.368 e. The average Bonchev–Trinajstić information content (AvgIpc) is 2.84. The monoisotopic (exact) mass is 240 g/mol. The number of fused-ring (bicyclic) bond motifs is 2. The van der Waals surface area contributed by atoms with Crippen LogP contribution in [0.4, 0.5) is 0 Å². The molecule has 0 radical (unpaired) electrons. The van der Waals surface area contributed by atoms with Crippen LogP contribution in [0.2, 0.25) is 0 Å². The summed E-state index contributed by atoms with van der Waals surface area (Å²) in [6.07, 6.45) is 7.53. The molecular weight excluding hydrogens is 224 g/mol. The third kappa shape index (κ3) is 1.11. The Morgan fingerprint density at radius 3 is 3.22 bits per heavy atom. The zero-order valence-electron chi connectivity index (χ0n) is 10.4. The van der Waals surface area contributed by atoms with E-state index < -0.39 is 0 Å². The molecule has 4 rings (SSSR count). The van der Waals surface area contributed by atoms with Crippen LogP contribution in [0.25, 0.3) is 10.9 Å². The Hall–Kier alpha value is -1.58. The van der Waals surface area contributed by atoms with Crippen LogP contribution in [-0.2, 0) is 16.8 Å². The summed E-state index contributed by atoms with van der Waals surface area (Å²) in [6.45, 7) is 0.922. The number of hydrogen-bond donors (Lipinski definition) is 2. The third-order valence-corrected chi connectivity index (χ3v) is 4.34. The fraction of sp³-hybridized carbons (Fsp3) is 0.333. The molecule has 3 heteroatoms. The van der Waals surface area contributed by atoms with Gasteiger partial charge < -0.3 is 15.0 Å². The summed E-state index contributed by atoms with van der Waals surface area (Å²) < 4.78 is 5.94. The van der Waals surface area contributed by atoms with E-state index in [1.807, 2.05) is 0 Å². The van der Waals surface area contributed by atoms with Gasteiger partial charge in [-0.15, -0.1) is 0 Å². The second kappa shape index (κ2) is 3.46. The molecule has 2 atom stereocenters. The number of H-pyrrole nitrogens is 1. The average molecular weight is 240 g/mol. The number of benzene rings is 1. The summed E-state index contributed by atoms with van der Waals surface area (Å²) in [5.74, 6) is 0. The van der Waals surface area contributed by atoms with Crippen molar-refractivity contribution in [3.63, 3.8) is 0 Å². The molecule has 1 aromatic carbocycles. The molecule has 0 amide bonds. The fourth-order valence-corrected chi connectivity index (χ4v) is 3.50. The molecule has 1 aliphatic heterocycles. The Morgan fingerprint density at radius 2 is 2.33 bits per heavy atom.